The van der Waals surface area contributed by atoms with Gasteiger partial charge in [0.15, 0.2) is 6.61 Å². The molecule has 0 aromatic heterocycles. The van der Waals surface area contributed by atoms with Crippen LogP contribution in [0.3, 0.4) is 0 Å². The van der Waals surface area contributed by atoms with E-state index in [1.54, 1.807) is 84.9 Å². The number of carbonyl (C=O) groups excluding carboxylic acids is 5. The van der Waals surface area contributed by atoms with Gasteiger partial charge in [0.05, 0.1) is 22.3 Å². The first-order valence-electron chi connectivity index (χ1n) is 17.6. The molecule has 0 saturated carbocycles. The summed E-state index contributed by atoms with van der Waals surface area (Å²) in [5, 5.41) is 9.22. The standard InChI is InChI=1S/C28H27NO5.C16H13NO3/c1-28(2,3)20-10-14-21(15-11-20)33-18-25(30)34-22-12-8-19(9-13-22)16-17-29-26(31)23-6-4-5-7-24(23)27(29)32;18-12-7-5-11(6-8-12)9-10-17-15(19)13-3-1-2-4-14(13)16(17)20/h4-15H,16-18H2,1-3H3;1-8,18H,9-10H2. The molecule has 7 rings (SSSR count). The molecule has 2 aliphatic rings. The number of fused-ring (bicyclic) bond motifs is 2. The Labute approximate surface area is 313 Å². The van der Waals surface area contributed by atoms with E-state index in [9.17, 15) is 29.1 Å². The molecule has 0 unspecified atom stereocenters. The van der Waals surface area contributed by atoms with E-state index in [4.69, 9.17) is 9.47 Å². The molecule has 5 aromatic carbocycles. The van der Waals surface area contributed by atoms with Gasteiger partial charge in [-0.1, -0.05) is 81.4 Å². The number of hydrogen-bond acceptors (Lipinski definition) is 8. The molecule has 0 atom stereocenters. The van der Waals surface area contributed by atoms with Crippen molar-refractivity contribution in [2.45, 2.75) is 39.0 Å². The number of imide groups is 2. The van der Waals surface area contributed by atoms with E-state index in [2.05, 4.69) is 20.8 Å². The highest BCUT2D eigenvalue weighted by Crippen LogP contribution is 2.26. The smallest absolute Gasteiger partial charge is 0.349 e. The summed E-state index contributed by atoms with van der Waals surface area (Å²) in [6.45, 7) is 6.84. The summed E-state index contributed by atoms with van der Waals surface area (Å²) in [6, 6.07) is 35.1. The Morgan fingerprint density at radius 3 is 1.35 bits per heavy atom. The third-order valence-electron chi connectivity index (χ3n) is 9.17. The number of aromatic hydroxyl groups is 1. The number of phenolic OH excluding ortho intramolecular Hbond substituents is 1. The van der Waals surface area contributed by atoms with E-state index in [0.29, 0.717) is 53.1 Å². The lowest BCUT2D eigenvalue weighted by molar-refractivity contribution is -0.136. The summed E-state index contributed by atoms with van der Waals surface area (Å²) in [5.74, 6) is -0.282. The first-order chi connectivity index (χ1) is 25.9. The first-order valence-corrected chi connectivity index (χ1v) is 17.6. The average Bonchev–Trinajstić information content (AvgIpc) is 3.56. The van der Waals surface area contributed by atoms with Crippen molar-refractivity contribution in [2.75, 3.05) is 19.7 Å². The summed E-state index contributed by atoms with van der Waals surface area (Å²) in [4.78, 5) is 63.9. The number of rotatable bonds is 10. The fourth-order valence-electron chi connectivity index (χ4n) is 6.11. The fourth-order valence-corrected chi connectivity index (χ4v) is 6.11. The number of nitrogens with zero attached hydrogens (tertiary/aromatic N) is 2. The molecule has 5 aromatic rings. The number of esters is 1. The normalized spacial score (nSPS) is 13.3. The molecular weight excluding hydrogens is 684 g/mol. The minimum absolute atomic E-state index is 0.0498. The second kappa shape index (κ2) is 16.0. The lowest BCUT2D eigenvalue weighted by atomic mass is 9.87. The number of amides is 4. The van der Waals surface area contributed by atoms with Crippen LogP contribution < -0.4 is 9.47 Å². The quantitative estimate of drug-likeness (QED) is 0.0923. The molecule has 0 spiro atoms. The van der Waals surface area contributed by atoms with Crippen molar-refractivity contribution in [1.82, 2.24) is 9.80 Å². The van der Waals surface area contributed by atoms with Crippen molar-refractivity contribution >= 4 is 29.6 Å². The second-order valence-electron chi connectivity index (χ2n) is 14.0. The Morgan fingerprint density at radius 1 is 0.556 bits per heavy atom. The highest BCUT2D eigenvalue weighted by Gasteiger charge is 2.35. The Morgan fingerprint density at radius 2 is 0.944 bits per heavy atom. The minimum Gasteiger partial charge on any atom is -0.508 e. The van der Waals surface area contributed by atoms with Crippen LogP contribution in [0, 0.1) is 0 Å². The van der Waals surface area contributed by atoms with Gasteiger partial charge in [0.1, 0.15) is 17.2 Å². The van der Waals surface area contributed by atoms with Crippen LogP contribution in [-0.4, -0.2) is 64.2 Å². The average molecular weight is 725 g/mol. The molecule has 54 heavy (non-hydrogen) atoms. The first kappa shape index (κ1) is 37.2. The molecule has 10 heteroatoms. The van der Waals surface area contributed by atoms with Crippen LogP contribution >= 0.6 is 0 Å². The molecule has 1 N–H and O–H groups in total. The van der Waals surface area contributed by atoms with E-state index in [0.717, 1.165) is 11.1 Å². The van der Waals surface area contributed by atoms with Crippen molar-refractivity contribution in [3.8, 4) is 17.2 Å². The second-order valence-corrected chi connectivity index (χ2v) is 14.0. The number of benzene rings is 5. The third kappa shape index (κ3) is 8.56. The molecule has 0 fully saturated rings. The van der Waals surface area contributed by atoms with E-state index in [-0.39, 0.29) is 47.9 Å². The van der Waals surface area contributed by atoms with Gasteiger partial charge in [-0.15, -0.1) is 0 Å². The van der Waals surface area contributed by atoms with E-state index in [1.807, 2.05) is 36.4 Å². The van der Waals surface area contributed by atoms with E-state index >= 15 is 0 Å². The molecule has 2 aliphatic heterocycles. The summed E-state index contributed by atoms with van der Waals surface area (Å²) >= 11 is 0. The van der Waals surface area contributed by atoms with Crippen molar-refractivity contribution in [3.05, 3.63) is 160 Å². The molecule has 274 valence electrons. The van der Waals surface area contributed by atoms with Gasteiger partial charge < -0.3 is 14.6 Å². The van der Waals surface area contributed by atoms with Gasteiger partial charge in [0.2, 0.25) is 0 Å². The van der Waals surface area contributed by atoms with Crippen LogP contribution in [0.25, 0.3) is 0 Å². The monoisotopic (exact) mass is 724 g/mol. The zero-order valence-corrected chi connectivity index (χ0v) is 30.3. The highest BCUT2D eigenvalue weighted by molar-refractivity contribution is 6.22. The highest BCUT2D eigenvalue weighted by atomic mass is 16.6. The SMILES string of the molecule is CC(C)(C)c1ccc(OCC(=O)Oc2ccc(CCN3C(=O)c4ccccc4C3=O)cc2)cc1.O=C1c2ccccc2C(=O)N1CCc1ccc(O)cc1. The predicted octanol–water partition coefficient (Wildman–Crippen LogP) is 7.04. The van der Waals surface area contributed by atoms with Crippen molar-refractivity contribution in [2.24, 2.45) is 0 Å². The van der Waals surface area contributed by atoms with Crippen LogP contribution in [-0.2, 0) is 23.1 Å². The summed E-state index contributed by atoms with van der Waals surface area (Å²) < 4.78 is 10.9. The van der Waals surface area contributed by atoms with Crippen molar-refractivity contribution < 1.29 is 38.6 Å². The zero-order valence-electron chi connectivity index (χ0n) is 30.3. The Balaban J connectivity index is 0.000000210. The molecular formula is C44H40N2O8. The molecule has 10 nitrogen and oxygen atoms in total. The third-order valence-corrected chi connectivity index (χ3v) is 9.17. The predicted molar refractivity (Wildman–Crippen MR) is 202 cm³/mol. The van der Waals surface area contributed by atoms with Gasteiger partial charge in [-0.2, -0.15) is 0 Å². The molecule has 0 aliphatic carbocycles. The molecule has 0 bridgehead atoms. The molecule has 0 radical (unpaired) electrons. The van der Waals surface area contributed by atoms with Crippen LogP contribution in [0.15, 0.2) is 121 Å². The van der Waals surface area contributed by atoms with Gasteiger partial charge in [-0.05, 0) is 95.6 Å². The maximum absolute atomic E-state index is 12.5. The Kier molecular flexibility index (Phi) is 11.0. The number of carbonyl (C=O) groups is 5. The number of phenols is 1. The zero-order chi connectivity index (χ0) is 38.4. The largest absolute Gasteiger partial charge is 0.508 e. The maximum Gasteiger partial charge on any atom is 0.349 e. The fraction of sp³-hybridized carbons (Fsp3) is 0.205. The van der Waals surface area contributed by atoms with Crippen LogP contribution in [0.5, 0.6) is 17.2 Å². The topological polar surface area (TPSA) is 131 Å². The molecule has 0 saturated heterocycles. The van der Waals surface area contributed by atoms with Crippen LogP contribution in [0.4, 0.5) is 0 Å². The van der Waals surface area contributed by atoms with Crippen LogP contribution in [0.2, 0.25) is 0 Å². The summed E-state index contributed by atoms with van der Waals surface area (Å²) in [5.41, 5.74) is 4.97. The van der Waals surface area contributed by atoms with E-state index < -0.39 is 5.97 Å². The van der Waals surface area contributed by atoms with Crippen molar-refractivity contribution in [1.29, 1.82) is 0 Å². The van der Waals surface area contributed by atoms with Gasteiger partial charge in [0.25, 0.3) is 23.6 Å². The van der Waals surface area contributed by atoms with Gasteiger partial charge in [-0.3, -0.25) is 29.0 Å². The summed E-state index contributed by atoms with van der Waals surface area (Å²) in [6.07, 6.45) is 1.08. The molecule has 2 heterocycles. The lowest BCUT2D eigenvalue weighted by Gasteiger charge is -2.19. The van der Waals surface area contributed by atoms with Gasteiger partial charge in [-0.25, -0.2) is 4.79 Å². The van der Waals surface area contributed by atoms with E-state index in [1.165, 1.54) is 15.4 Å². The van der Waals surface area contributed by atoms with Gasteiger partial charge >= 0.3 is 5.97 Å². The number of hydrogen-bond donors (Lipinski definition) is 1. The van der Waals surface area contributed by atoms with Crippen LogP contribution in [0.1, 0.15) is 78.9 Å². The summed E-state index contributed by atoms with van der Waals surface area (Å²) in [7, 11) is 0. The molecule has 4 amide bonds. The van der Waals surface area contributed by atoms with Gasteiger partial charge in [0, 0.05) is 13.1 Å². The number of ether oxygens (including phenoxy) is 2. The minimum atomic E-state index is -0.501. The van der Waals surface area contributed by atoms with Crippen molar-refractivity contribution in [3.63, 3.8) is 0 Å². The Bertz CT molecular complexity index is 2120. The lowest BCUT2D eigenvalue weighted by Crippen LogP contribution is -2.31. The maximum atomic E-state index is 12.5. The Hall–Kier alpha value is -6.55.